The van der Waals surface area contributed by atoms with Gasteiger partial charge in [-0.05, 0) is 18.9 Å². The molecule has 2 fully saturated rings. The van der Waals surface area contributed by atoms with Gasteiger partial charge in [-0.15, -0.1) is 0 Å². The lowest BCUT2D eigenvalue weighted by Gasteiger charge is -2.36. The van der Waals surface area contributed by atoms with Gasteiger partial charge in [0, 0.05) is 32.5 Å². The van der Waals surface area contributed by atoms with Gasteiger partial charge in [0.25, 0.3) is 0 Å². The molecule has 7 heteroatoms. The zero-order valence-electron chi connectivity index (χ0n) is 12.3. The molecule has 21 heavy (non-hydrogen) atoms. The van der Waals surface area contributed by atoms with Crippen LogP contribution in [0.2, 0.25) is 0 Å². The monoisotopic (exact) mass is 294 g/mol. The Hall–Kier alpha value is -1.44. The zero-order chi connectivity index (χ0) is 14.7. The van der Waals surface area contributed by atoms with E-state index in [1.807, 2.05) is 12.3 Å². The first-order valence-electron chi connectivity index (χ1n) is 7.37. The number of anilines is 1. The van der Waals surface area contributed by atoms with Crippen molar-refractivity contribution in [1.82, 2.24) is 15.1 Å². The Kier molecular flexibility index (Phi) is 4.23. The van der Waals surface area contributed by atoms with Gasteiger partial charge in [0.05, 0.1) is 25.2 Å². The molecule has 2 N–H and O–H groups in total. The molecule has 1 amide bonds. The minimum Gasteiger partial charge on any atom is -0.383 e. The molecule has 2 aliphatic rings. The highest BCUT2D eigenvalue weighted by Gasteiger charge is 2.51. The number of carbonyl (C=O) groups is 1. The van der Waals surface area contributed by atoms with E-state index >= 15 is 0 Å². The number of methoxy groups -OCH3 is 1. The molecular weight excluding hydrogens is 272 g/mol. The summed E-state index contributed by atoms with van der Waals surface area (Å²) in [4.78, 5) is 12.7. The molecule has 2 aliphatic heterocycles. The van der Waals surface area contributed by atoms with Crippen LogP contribution in [0.5, 0.6) is 0 Å². The molecule has 0 bridgehead atoms. The summed E-state index contributed by atoms with van der Waals surface area (Å²) in [6.45, 7) is 4.06. The minimum absolute atomic E-state index is 0.00851. The Labute approximate surface area is 124 Å². The Morgan fingerprint density at radius 1 is 1.71 bits per heavy atom. The molecule has 2 saturated heterocycles. The van der Waals surface area contributed by atoms with E-state index in [1.54, 1.807) is 11.8 Å². The lowest BCUT2D eigenvalue weighted by molar-refractivity contribution is -0.135. The number of nitrogens with one attached hydrogen (secondary N) is 2. The summed E-state index contributed by atoms with van der Waals surface area (Å²) in [6.07, 6.45) is 2.77. The van der Waals surface area contributed by atoms with E-state index in [2.05, 4.69) is 15.7 Å². The second-order valence-electron chi connectivity index (χ2n) is 5.74. The van der Waals surface area contributed by atoms with Gasteiger partial charge in [0.2, 0.25) is 5.91 Å². The Morgan fingerprint density at radius 2 is 2.62 bits per heavy atom. The van der Waals surface area contributed by atoms with Crippen LogP contribution in [0.1, 0.15) is 6.42 Å². The van der Waals surface area contributed by atoms with Crippen LogP contribution in [0.3, 0.4) is 0 Å². The van der Waals surface area contributed by atoms with Crippen molar-refractivity contribution in [2.24, 2.45) is 11.3 Å². The van der Waals surface area contributed by atoms with Gasteiger partial charge in [-0.2, -0.15) is 5.10 Å². The first kappa shape index (κ1) is 14.5. The van der Waals surface area contributed by atoms with Gasteiger partial charge < -0.3 is 20.1 Å². The van der Waals surface area contributed by atoms with Gasteiger partial charge in [-0.1, -0.05) is 0 Å². The van der Waals surface area contributed by atoms with Crippen LogP contribution >= 0.6 is 0 Å². The molecule has 1 aromatic heterocycles. The number of hydrogen-bond acceptors (Lipinski definition) is 5. The first-order valence-corrected chi connectivity index (χ1v) is 7.37. The average Bonchev–Trinajstić information content (AvgIpc) is 3.12. The van der Waals surface area contributed by atoms with Gasteiger partial charge in [0.1, 0.15) is 0 Å². The van der Waals surface area contributed by atoms with Crippen LogP contribution in [-0.2, 0) is 20.8 Å². The molecule has 0 radical (unpaired) electrons. The van der Waals surface area contributed by atoms with Crippen LogP contribution in [-0.4, -0.2) is 55.7 Å². The maximum atomic E-state index is 12.7. The Bertz CT molecular complexity index is 504. The van der Waals surface area contributed by atoms with Gasteiger partial charge in [-0.25, -0.2) is 0 Å². The quantitative estimate of drug-likeness (QED) is 0.805. The molecule has 0 aliphatic carbocycles. The van der Waals surface area contributed by atoms with E-state index in [-0.39, 0.29) is 5.91 Å². The highest BCUT2D eigenvalue weighted by Crippen LogP contribution is 2.38. The third-order valence-corrected chi connectivity index (χ3v) is 4.44. The van der Waals surface area contributed by atoms with E-state index in [9.17, 15) is 4.79 Å². The van der Waals surface area contributed by atoms with E-state index in [0.717, 1.165) is 19.6 Å². The normalized spacial score (nSPS) is 28.3. The number of ether oxygens (including phenoxy) is 2. The standard InChI is InChI=1S/C14H22N4O3/c1-20-7-5-18-4-2-12(17-18)16-13(19)14-9-15-8-11(14)3-6-21-10-14/h2,4,11,15H,3,5-10H2,1H3,(H,16,17,19)/t11-,14+/m1/s1. The number of amides is 1. The number of aromatic nitrogens is 2. The SMILES string of the molecule is COCCn1ccc(NC(=O)[C@]23CNC[C@H]2CCOC3)n1. The molecule has 0 aromatic carbocycles. The van der Waals surface area contributed by atoms with Crippen LogP contribution in [0, 0.1) is 11.3 Å². The zero-order valence-corrected chi connectivity index (χ0v) is 12.3. The molecule has 3 heterocycles. The van der Waals surface area contributed by atoms with Crippen LogP contribution in [0.4, 0.5) is 5.82 Å². The van der Waals surface area contributed by atoms with Crippen molar-refractivity contribution in [3.8, 4) is 0 Å². The lowest BCUT2D eigenvalue weighted by Crippen LogP contribution is -2.49. The van der Waals surface area contributed by atoms with Gasteiger partial charge in [-0.3, -0.25) is 9.48 Å². The second-order valence-corrected chi connectivity index (χ2v) is 5.74. The molecular formula is C14H22N4O3. The number of hydrogen-bond donors (Lipinski definition) is 2. The van der Waals surface area contributed by atoms with Crippen molar-refractivity contribution in [2.45, 2.75) is 13.0 Å². The summed E-state index contributed by atoms with van der Waals surface area (Å²) >= 11 is 0. The van der Waals surface area contributed by atoms with Crippen molar-refractivity contribution in [2.75, 3.05) is 45.3 Å². The lowest BCUT2D eigenvalue weighted by atomic mass is 9.75. The van der Waals surface area contributed by atoms with E-state index in [0.29, 0.717) is 38.0 Å². The van der Waals surface area contributed by atoms with Crippen LogP contribution < -0.4 is 10.6 Å². The number of carbonyl (C=O) groups excluding carboxylic acids is 1. The fourth-order valence-electron chi connectivity index (χ4n) is 3.15. The maximum absolute atomic E-state index is 12.7. The topological polar surface area (TPSA) is 77.4 Å². The summed E-state index contributed by atoms with van der Waals surface area (Å²) < 4.78 is 12.3. The molecule has 2 atom stereocenters. The third-order valence-electron chi connectivity index (χ3n) is 4.44. The first-order chi connectivity index (χ1) is 10.2. The second kappa shape index (κ2) is 6.13. The van der Waals surface area contributed by atoms with Gasteiger partial charge >= 0.3 is 0 Å². The number of fused-ring (bicyclic) bond motifs is 1. The van der Waals surface area contributed by atoms with Crippen molar-refractivity contribution in [3.63, 3.8) is 0 Å². The number of nitrogens with zero attached hydrogens (tertiary/aromatic N) is 2. The molecule has 0 saturated carbocycles. The molecule has 0 spiro atoms. The average molecular weight is 294 g/mol. The summed E-state index contributed by atoms with van der Waals surface area (Å²) in [5.41, 5.74) is -0.450. The summed E-state index contributed by atoms with van der Waals surface area (Å²) in [7, 11) is 1.65. The van der Waals surface area contributed by atoms with Crippen molar-refractivity contribution in [3.05, 3.63) is 12.3 Å². The minimum atomic E-state index is -0.450. The van der Waals surface area contributed by atoms with E-state index < -0.39 is 5.41 Å². The summed E-state index contributed by atoms with van der Waals surface area (Å²) in [5.74, 6) is 0.942. The van der Waals surface area contributed by atoms with Crippen LogP contribution in [0.25, 0.3) is 0 Å². The Balaban J connectivity index is 1.66. The fourth-order valence-corrected chi connectivity index (χ4v) is 3.15. The van der Waals surface area contributed by atoms with Crippen molar-refractivity contribution < 1.29 is 14.3 Å². The van der Waals surface area contributed by atoms with Gasteiger partial charge in [0.15, 0.2) is 5.82 Å². The summed E-state index contributed by atoms with van der Waals surface area (Å²) in [5, 5.41) is 10.6. The summed E-state index contributed by atoms with van der Waals surface area (Å²) in [6, 6.07) is 1.81. The Morgan fingerprint density at radius 3 is 3.48 bits per heavy atom. The molecule has 116 valence electrons. The highest BCUT2D eigenvalue weighted by molar-refractivity contribution is 5.95. The molecule has 3 rings (SSSR count). The fraction of sp³-hybridized carbons (Fsp3) is 0.714. The number of rotatable bonds is 5. The largest absolute Gasteiger partial charge is 0.383 e. The maximum Gasteiger partial charge on any atom is 0.235 e. The predicted octanol–water partition coefficient (Wildman–Crippen LogP) is 0.0941. The smallest absolute Gasteiger partial charge is 0.235 e. The van der Waals surface area contributed by atoms with E-state index in [4.69, 9.17) is 9.47 Å². The van der Waals surface area contributed by atoms with Crippen molar-refractivity contribution in [1.29, 1.82) is 0 Å². The molecule has 0 unspecified atom stereocenters. The van der Waals surface area contributed by atoms with Crippen LogP contribution in [0.15, 0.2) is 12.3 Å². The van der Waals surface area contributed by atoms with Crippen molar-refractivity contribution >= 4 is 11.7 Å². The highest BCUT2D eigenvalue weighted by atomic mass is 16.5. The molecule has 7 nitrogen and oxygen atoms in total. The third kappa shape index (κ3) is 2.81. The predicted molar refractivity (Wildman–Crippen MR) is 77.0 cm³/mol. The molecule has 1 aromatic rings. The van der Waals surface area contributed by atoms with E-state index in [1.165, 1.54) is 0 Å².